The standard InChI is InChI=1S/C21H17ClFN3O2/c1-13-2-4-14(5-3-13)10-25-20(27)15-8-16(12-24-11-15)21(28)26-17-6-7-19(23)18(22)9-17/h2-9,11-12H,10H2,1H3,(H,25,27)(H,26,28). The van der Waals surface area contributed by atoms with Crippen molar-refractivity contribution in [2.24, 2.45) is 0 Å². The van der Waals surface area contributed by atoms with E-state index < -0.39 is 11.7 Å². The van der Waals surface area contributed by atoms with Gasteiger partial charge in [-0.2, -0.15) is 0 Å². The third-order valence-electron chi connectivity index (χ3n) is 4.01. The van der Waals surface area contributed by atoms with Gasteiger partial charge in [-0.25, -0.2) is 4.39 Å². The van der Waals surface area contributed by atoms with Crippen molar-refractivity contribution >= 4 is 29.1 Å². The number of halogens is 2. The van der Waals surface area contributed by atoms with Crippen LogP contribution in [0.2, 0.25) is 5.02 Å². The van der Waals surface area contributed by atoms with Crippen molar-refractivity contribution in [2.75, 3.05) is 5.32 Å². The lowest BCUT2D eigenvalue weighted by Crippen LogP contribution is -2.23. The van der Waals surface area contributed by atoms with Crippen LogP contribution in [-0.2, 0) is 6.54 Å². The van der Waals surface area contributed by atoms with E-state index in [1.807, 2.05) is 31.2 Å². The Bertz CT molecular complexity index is 1020. The fraction of sp³-hybridized carbons (Fsp3) is 0.0952. The van der Waals surface area contributed by atoms with Crippen LogP contribution < -0.4 is 10.6 Å². The van der Waals surface area contributed by atoms with Crippen molar-refractivity contribution in [1.29, 1.82) is 0 Å². The minimum absolute atomic E-state index is 0.0971. The van der Waals surface area contributed by atoms with Gasteiger partial charge in [-0.3, -0.25) is 14.6 Å². The molecular formula is C21H17ClFN3O2. The van der Waals surface area contributed by atoms with Gasteiger partial charge in [0.15, 0.2) is 0 Å². The molecule has 0 aliphatic carbocycles. The van der Waals surface area contributed by atoms with E-state index in [-0.39, 0.29) is 22.1 Å². The van der Waals surface area contributed by atoms with Crippen LogP contribution in [0, 0.1) is 12.7 Å². The molecule has 0 fully saturated rings. The average Bonchev–Trinajstić information content (AvgIpc) is 2.70. The molecule has 3 aromatic rings. The number of nitrogens with zero attached hydrogens (tertiary/aromatic N) is 1. The largest absolute Gasteiger partial charge is 0.348 e. The molecule has 2 aromatic carbocycles. The van der Waals surface area contributed by atoms with E-state index in [2.05, 4.69) is 15.6 Å². The third kappa shape index (κ3) is 4.92. The number of amides is 2. The number of carbonyl (C=O) groups excluding carboxylic acids is 2. The summed E-state index contributed by atoms with van der Waals surface area (Å²) in [5.74, 6) is -1.40. The summed E-state index contributed by atoms with van der Waals surface area (Å²) in [6.07, 6.45) is 2.73. The first-order valence-corrected chi connectivity index (χ1v) is 8.85. The maximum absolute atomic E-state index is 13.2. The van der Waals surface area contributed by atoms with Gasteiger partial charge in [-0.15, -0.1) is 0 Å². The van der Waals surface area contributed by atoms with E-state index >= 15 is 0 Å². The number of pyridine rings is 1. The number of aromatic nitrogens is 1. The normalized spacial score (nSPS) is 10.4. The summed E-state index contributed by atoms with van der Waals surface area (Å²) < 4.78 is 13.2. The summed E-state index contributed by atoms with van der Waals surface area (Å²) in [6.45, 7) is 2.36. The van der Waals surface area contributed by atoms with Crippen LogP contribution in [0.4, 0.5) is 10.1 Å². The minimum Gasteiger partial charge on any atom is -0.348 e. The van der Waals surface area contributed by atoms with Crippen LogP contribution >= 0.6 is 11.6 Å². The number of anilines is 1. The molecule has 5 nitrogen and oxygen atoms in total. The number of nitrogens with one attached hydrogen (secondary N) is 2. The van der Waals surface area contributed by atoms with E-state index in [4.69, 9.17) is 11.6 Å². The van der Waals surface area contributed by atoms with Crippen LogP contribution in [0.25, 0.3) is 0 Å². The Hall–Kier alpha value is -3.25. The molecule has 0 bridgehead atoms. The van der Waals surface area contributed by atoms with Crippen LogP contribution in [0.1, 0.15) is 31.8 Å². The quantitative estimate of drug-likeness (QED) is 0.671. The highest BCUT2D eigenvalue weighted by Gasteiger charge is 2.12. The molecule has 0 saturated heterocycles. The topological polar surface area (TPSA) is 71.1 Å². The molecule has 0 spiro atoms. The van der Waals surface area contributed by atoms with Crippen LogP contribution in [0.15, 0.2) is 60.9 Å². The second kappa shape index (κ2) is 8.63. The van der Waals surface area contributed by atoms with Gasteiger partial charge in [0.1, 0.15) is 5.82 Å². The molecule has 28 heavy (non-hydrogen) atoms. The number of benzene rings is 2. The van der Waals surface area contributed by atoms with Gasteiger partial charge in [-0.1, -0.05) is 41.4 Å². The fourth-order valence-electron chi connectivity index (χ4n) is 2.46. The Morgan fingerprint density at radius 1 is 1.00 bits per heavy atom. The molecule has 7 heteroatoms. The van der Waals surface area contributed by atoms with E-state index in [0.29, 0.717) is 12.2 Å². The smallest absolute Gasteiger partial charge is 0.257 e. The average molecular weight is 398 g/mol. The molecular weight excluding hydrogens is 381 g/mol. The Balaban J connectivity index is 1.66. The maximum atomic E-state index is 13.2. The summed E-state index contributed by atoms with van der Waals surface area (Å²) in [6, 6.07) is 13.1. The highest BCUT2D eigenvalue weighted by molar-refractivity contribution is 6.31. The third-order valence-corrected chi connectivity index (χ3v) is 4.30. The van der Waals surface area contributed by atoms with Crippen molar-refractivity contribution in [3.05, 3.63) is 94.0 Å². The summed E-state index contributed by atoms with van der Waals surface area (Å²) in [4.78, 5) is 28.7. The van der Waals surface area contributed by atoms with Crippen LogP contribution in [-0.4, -0.2) is 16.8 Å². The van der Waals surface area contributed by atoms with Crippen molar-refractivity contribution in [2.45, 2.75) is 13.5 Å². The summed E-state index contributed by atoms with van der Waals surface area (Å²) in [5.41, 5.74) is 2.90. The Morgan fingerprint density at radius 3 is 2.36 bits per heavy atom. The van der Waals surface area contributed by atoms with Gasteiger partial charge in [0.25, 0.3) is 11.8 Å². The predicted octanol–water partition coefficient (Wildman–Crippen LogP) is 4.36. The summed E-state index contributed by atoms with van der Waals surface area (Å²) in [5, 5.41) is 5.29. The number of carbonyl (C=O) groups is 2. The van der Waals surface area contributed by atoms with Gasteiger partial charge in [0.05, 0.1) is 16.1 Å². The SMILES string of the molecule is Cc1ccc(CNC(=O)c2cncc(C(=O)Nc3ccc(F)c(Cl)c3)c2)cc1. The first-order chi connectivity index (χ1) is 13.4. The highest BCUT2D eigenvalue weighted by atomic mass is 35.5. The minimum atomic E-state index is -0.575. The molecule has 1 aromatic heterocycles. The zero-order chi connectivity index (χ0) is 20.1. The molecule has 0 saturated carbocycles. The van der Waals surface area contributed by atoms with Crippen LogP contribution in [0.5, 0.6) is 0 Å². The van der Waals surface area contributed by atoms with Crippen molar-refractivity contribution in [1.82, 2.24) is 10.3 Å². The predicted molar refractivity (Wildman–Crippen MR) is 106 cm³/mol. The molecule has 0 unspecified atom stereocenters. The molecule has 3 rings (SSSR count). The lowest BCUT2D eigenvalue weighted by molar-refractivity contribution is 0.0950. The zero-order valence-corrected chi connectivity index (χ0v) is 15.8. The van der Waals surface area contributed by atoms with Gasteiger partial charge in [-0.05, 0) is 36.8 Å². The zero-order valence-electron chi connectivity index (χ0n) is 15.0. The van der Waals surface area contributed by atoms with Crippen molar-refractivity contribution in [3.8, 4) is 0 Å². The lowest BCUT2D eigenvalue weighted by atomic mass is 10.1. The Labute approximate surface area is 166 Å². The van der Waals surface area contributed by atoms with Gasteiger partial charge >= 0.3 is 0 Å². The Kier molecular flexibility index (Phi) is 6.01. The fourth-order valence-corrected chi connectivity index (χ4v) is 2.64. The van der Waals surface area contributed by atoms with Gasteiger partial charge in [0, 0.05) is 24.6 Å². The van der Waals surface area contributed by atoms with E-state index in [9.17, 15) is 14.0 Å². The molecule has 2 N–H and O–H groups in total. The first kappa shape index (κ1) is 19.5. The van der Waals surface area contributed by atoms with Crippen molar-refractivity contribution < 1.29 is 14.0 Å². The van der Waals surface area contributed by atoms with Gasteiger partial charge < -0.3 is 10.6 Å². The summed E-state index contributed by atoms with van der Waals surface area (Å²) >= 11 is 5.71. The van der Waals surface area contributed by atoms with Crippen LogP contribution in [0.3, 0.4) is 0 Å². The number of rotatable bonds is 5. The molecule has 0 radical (unpaired) electrons. The molecule has 0 aliphatic rings. The second-order valence-electron chi connectivity index (χ2n) is 6.21. The molecule has 0 aliphatic heterocycles. The number of aryl methyl sites for hydroxylation is 1. The second-order valence-corrected chi connectivity index (χ2v) is 6.62. The molecule has 0 atom stereocenters. The van der Waals surface area contributed by atoms with E-state index in [0.717, 1.165) is 17.2 Å². The molecule has 2 amide bonds. The maximum Gasteiger partial charge on any atom is 0.257 e. The molecule has 142 valence electrons. The lowest BCUT2D eigenvalue weighted by Gasteiger charge is -2.08. The highest BCUT2D eigenvalue weighted by Crippen LogP contribution is 2.20. The van der Waals surface area contributed by atoms with E-state index in [1.165, 1.54) is 30.6 Å². The van der Waals surface area contributed by atoms with Crippen molar-refractivity contribution in [3.63, 3.8) is 0 Å². The van der Waals surface area contributed by atoms with E-state index in [1.54, 1.807) is 0 Å². The molecule has 1 heterocycles. The monoisotopic (exact) mass is 397 g/mol. The number of hydrogen-bond donors (Lipinski definition) is 2. The first-order valence-electron chi connectivity index (χ1n) is 8.47. The summed E-state index contributed by atoms with van der Waals surface area (Å²) in [7, 11) is 0. The Morgan fingerprint density at radius 2 is 1.68 bits per heavy atom. The number of hydrogen-bond acceptors (Lipinski definition) is 3. The van der Waals surface area contributed by atoms with Gasteiger partial charge in [0.2, 0.25) is 0 Å².